The standard InChI is InChI=1S/C22H31N3S/c1-17(2)9-18-3-5-19(6-4-18)11-25-12-20-7-8-22(25)14-24(10-20)13-21-15-26-16-23-21/h3-6,15-17,20,22H,7-14H2,1-2H3/t20-,22+/m1/s1. The van der Waals surface area contributed by atoms with Crippen molar-refractivity contribution in [1.82, 2.24) is 14.8 Å². The average molecular weight is 370 g/mol. The Bertz CT molecular complexity index is 680. The van der Waals surface area contributed by atoms with Crippen LogP contribution in [0, 0.1) is 11.8 Å². The molecule has 5 rings (SSSR count). The van der Waals surface area contributed by atoms with Crippen molar-refractivity contribution < 1.29 is 0 Å². The lowest BCUT2D eigenvalue weighted by Crippen LogP contribution is -2.43. The summed E-state index contributed by atoms with van der Waals surface area (Å²) < 4.78 is 0. The Morgan fingerprint density at radius 3 is 2.58 bits per heavy atom. The summed E-state index contributed by atoms with van der Waals surface area (Å²) in [5.74, 6) is 1.54. The van der Waals surface area contributed by atoms with Crippen LogP contribution >= 0.6 is 11.3 Å². The lowest BCUT2D eigenvalue weighted by atomic mass is 9.94. The summed E-state index contributed by atoms with van der Waals surface area (Å²) in [6, 6.07) is 10.1. The highest BCUT2D eigenvalue weighted by atomic mass is 32.1. The number of thiazole rings is 1. The highest BCUT2D eigenvalue weighted by Gasteiger charge is 2.34. The third-order valence-corrected chi connectivity index (χ3v) is 6.46. The normalized spacial score (nSPS) is 24.3. The predicted molar refractivity (Wildman–Crippen MR) is 109 cm³/mol. The first kappa shape index (κ1) is 18.1. The maximum atomic E-state index is 4.49. The Hall–Kier alpha value is -1.23. The van der Waals surface area contributed by atoms with Crippen molar-refractivity contribution >= 4 is 11.3 Å². The molecule has 0 aliphatic carbocycles. The molecule has 2 bridgehead atoms. The number of rotatable bonds is 6. The van der Waals surface area contributed by atoms with Crippen LogP contribution in [0.1, 0.15) is 43.5 Å². The van der Waals surface area contributed by atoms with Gasteiger partial charge in [0.05, 0.1) is 11.2 Å². The number of hydrogen-bond acceptors (Lipinski definition) is 4. The molecule has 3 aliphatic rings. The van der Waals surface area contributed by atoms with Crippen molar-refractivity contribution in [1.29, 1.82) is 0 Å². The molecule has 3 saturated heterocycles. The van der Waals surface area contributed by atoms with Crippen LogP contribution in [0.4, 0.5) is 0 Å². The van der Waals surface area contributed by atoms with E-state index in [0.29, 0.717) is 6.04 Å². The number of aromatic nitrogens is 1. The van der Waals surface area contributed by atoms with Crippen LogP contribution in [0.3, 0.4) is 0 Å². The van der Waals surface area contributed by atoms with Crippen LogP contribution in [-0.2, 0) is 19.5 Å². The van der Waals surface area contributed by atoms with Gasteiger partial charge in [-0.3, -0.25) is 9.80 Å². The molecular weight excluding hydrogens is 338 g/mol. The fraction of sp³-hybridized carbons (Fsp3) is 0.591. The van der Waals surface area contributed by atoms with Crippen LogP contribution in [0.25, 0.3) is 0 Å². The van der Waals surface area contributed by atoms with Gasteiger partial charge in [0.1, 0.15) is 0 Å². The largest absolute Gasteiger partial charge is 0.296 e. The molecule has 140 valence electrons. The monoisotopic (exact) mass is 369 g/mol. The highest BCUT2D eigenvalue weighted by Crippen LogP contribution is 2.30. The summed E-state index contributed by atoms with van der Waals surface area (Å²) in [5.41, 5.74) is 6.13. The molecule has 4 heteroatoms. The van der Waals surface area contributed by atoms with Gasteiger partial charge in [-0.05, 0) is 42.2 Å². The molecule has 1 aromatic carbocycles. The van der Waals surface area contributed by atoms with Gasteiger partial charge in [-0.2, -0.15) is 0 Å². The Labute approximate surface area is 162 Å². The first-order valence-electron chi connectivity index (χ1n) is 10.1. The molecule has 26 heavy (non-hydrogen) atoms. The summed E-state index contributed by atoms with van der Waals surface area (Å²) in [4.78, 5) is 9.87. The van der Waals surface area contributed by atoms with E-state index in [1.54, 1.807) is 11.3 Å². The van der Waals surface area contributed by atoms with Crippen LogP contribution in [0.5, 0.6) is 0 Å². The molecule has 0 spiro atoms. The number of piperidine rings is 1. The quantitative estimate of drug-likeness (QED) is 0.750. The molecule has 0 N–H and O–H groups in total. The van der Waals surface area contributed by atoms with E-state index >= 15 is 0 Å². The molecule has 2 atom stereocenters. The summed E-state index contributed by atoms with van der Waals surface area (Å²) in [7, 11) is 0. The van der Waals surface area contributed by atoms with E-state index in [2.05, 4.69) is 58.3 Å². The number of benzene rings is 1. The van der Waals surface area contributed by atoms with Crippen LogP contribution < -0.4 is 0 Å². The third-order valence-electron chi connectivity index (χ3n) is 5.82. The van der Waals surface area contributed by atoms with Gasteiger partial charge in [0.15, 0.2) is 0 Å². The van der Waals surface area contributed by atoms with Crippen LogP contribution in [-0.4, -0.2) is 40.5 Å². The molecule has 1 aromatic heterocycles. The average Bonchev–Trinajstić information content (AvgIpc) is 2.97. The maximum Gasteiger partial charge on any atom is 0.0795 e. The van der Waals surface area contributed by atoms with Crippen molar-refractivity contribution in [3.63, 3.8) is 0 Å². The second-order valence-electron chi connectivity index (χ2n) is 8.61. The van der Waals surface area contributed by atoms with Gasteiger partial charge in [-0.1, -0.05) is 38.1 Å². The Morgan fingerprint density at radius 1 is 1.04 bits per heavy atom. The Balaban J connectivity index is 1.38. The zero-order chi connectivity index (χ0) is 17.9. The lowest BCUT2D eigenvalue weighted by Gasteiger charge is -2.36. The summed E-state index contributed by atoms with van der Waals surface area (Å²) in [5, 5.41) is 2.20. The van der Waals surface area contributed by atoms with Crippen molar-refractivity contribution in [3.05, 3.63) is 52.0 Å². The molecule has 0 unspecified atom stereocenters. The van der Waals surface area contributed by atoms with Gasteiger partial charge in [-0.15, -0.1) is 11.3 Å². The zero-order valence-electron chi connectivity index (χ0n) is 16.1. The van der Waals surface area contributed by atoms with E-state index in [4.69, 9.17) is 0 Å². The number of fused-ring (bicyclic) bond motifs is 4. The van der Waals surface area contributed by atoms with Crippen molar-refractivity contribution in [2.45, 2.75) is 52.2 Å². The molecular formula is C22H31N3S. The Kier molecular flexibility index (Phi) is 5.72. The minimum Gasteiger partial charge on any atom is -0.296 e. The lowest BCUT2D eigenvalue weighted by molar-refractivity contribution is 0.123. The molecule has 2 aromatic rings. The van der Waals surface area contributed by atoms with Gasteiger partial charge in [0.25, 0.3) is 0 Å². The molecule has 4 heterocycles. The second kappa shape index (κ2) is 8.20. The van der Waals surface area contributed by atoms with E-state index in [-0.39, 0.29) is 0 Å². The zero-order valence-corrected chi connectivity index (χ0v) is 16.9. The van der Waals surface area contributed by atoms with Crippen molar-refractivity contribution in [2.24, 2.45) is 11.8 Å². The van der Waals surface area contributed by atoms with Gasteiger partial charge in [-0.25, -0.2) is 4.98 Å². The van der Waals surface area contributed by atoms with Gasteiger partial charge < -0.3 is 0 Å². The van der Waals surface area contributed by atoms with E-state index in [0.717, 1.165) is 24.9 Å². The molecule has 3 fully saturated rings. The minimum absolute atomic E-state index is 0.697. The molecule has 0 saturated carbocycles. The third kappa shape index (κ3) is 4.54. The second-order valence-corrected chi connectivity index (χ2v) is 9.33. The van der Waals surface area contributed by atoms with Gasteiger partial charge in [0.2, 0.25) is 0 Å². The predicted octanol–water partition coefficient (Wildman–Crippen LogP) is 4.44. The van der Waals surface area contributed by atoms with E-state index in [9.17, 15) is 0 Å². The topological polar surface area (TPSA) is 19.4 Å². The Morgan fingerprint density at radius 2 is 1.85 bits per heavy atom. The fourth-order valence-electron chi connectivity index (χ4n) is 4.63. The molecule has 0 radical (unpaired) electrons. The summed E-state index contributed by atoms with van der Waals surface area (Å²) in [6.45, 7) is 10.4. The fourth-order valence-corrected chi connectivity index (χ4v) is 5.18. The van der Waals surface area contributed by atoms with E-state index in [1.807, 2.05) is 5.51 Å². The maximum absolute atomic E-state index is 4.49. The minimum atomic E-state index is 0.697. The van der Waals surface area contributed by atoms with Crippen molar-refractivity contribution in [3.8, 4) is 0 Å². The number of nitrogens with zero attached hydrogens (tertiary/aromatic N) is 3. The molecule has 3 nitrogen and oxygen atoms in total. The highest BCUT2D eigenvalue weighted by molar-refractivity contribution is 7.07. The first-order valence-corrected chi connectivity index (χ1v) is 11.0. The smallest absolute Gasteiger partial charge is 0.0795 e. The van der Waals surface area contributed by atoms with E-state index < -0.39 is 0 Å². The van der Waals surface area contributed by atoms with Gasteiger partial charge >= 0.3 is 0 Å². The number of hydrogen-bond donors (Lipinski definition) is 0. The molecule has 3 aliphatic heterocycles. The summed E-state index contributed by atoms with van der Waals surface area (Å²) >= 11 is 1.71. The van der Waals surface area contributed by atoms with Crippen LogP contribution in [0.15, 0.2) is 35.2 Å². The molecule has 0 amide bonds. The van der Waals surface area contributed by atoms with Gasteiger partial charge in [0, 0.05) is 44.1 Å². The van der Waals surface area contributed by atoms with Crippen LogP contribution in [0.2, 0.25) is 0 Å². The van der Waals surface area contributed by atoms with Crippen molar-refractivity contribution in [2.75, 3.05) is 19.6 Å². The SMILES string of the molecule is CC(C)Cc1ccc(CN2C[C@@H]3CC[C@H]2CN(Cc2cscn2)C3)cc1. The summed E-state index contributed by atoms with van der Waals surface area (Å²) in [6.07, 6.45) is 3.92. The first-order chi connectivity index (χ1) is 12.7. The van der Waals surface area contributed by atoms with E-state index in [1.165, 1.54) is 55.7 Å².